The first-order chi connectivity index (χ1) is 7.87. The summed E-state index contributed by atoms with van der Waals surface area (Å²) in [7, 11) is -13.8. The molecule has 0 atom stereocenters. The van der Waals surface area contributed by atoms with Gasteiger partial charge in [-0.2, -0.15) is 26.3 Å². The van der Waals surface area contributed by atoms with E-state index >= 15 is 0 Å². The molecule has 0 fully saturated rings. The van der Waals surface area contributed by atoms with Crippen molar-refractivity contribution in [2.75, 3.05) is 0 Å². The monoisotopic (exact) mass is 393 g/mol. The molecule has 0 aromatic rings. The van der Waals surface area contributed by atoms with Crippen LogP contribution in [0.3, 0.4) is 0 Å². The number of hydrogen-bond donors (Lipinski definition) is 0. The Balaban J connectivity index is 6.41. The second kappa shape index (κ2) is 4.90. The Morgan fingerprint density at radius 1 is 0.842 bits per heavy atom. The van der Waals surface area contributed by atoms with Gasteiger partial charge in [0.05, 0.1) is 0 Å². The standard InChI is InChI=1S/C3H3Cl2F6NO4S2Si/c1-19(4,5)12(17(13,14)2(6,7)8)18(15,16)3(9,10)11/h1H3. The topological polar surface area (TPSA) is 71.5 Å². The zero-order valence-corrected chi connectivity index (χ0v) is 12.6. The van der Waals surface area contributed by atoms with Crippen LogP contribution in [0.1, 0.15) is 0 Å². The fourth-order valence-corrected chi connectivity index (χ4v) is 9.92. The molecule has 0 aliphatic carbocycles. The number of sulfonamides is 2. The highest BCUT2D eigenvalue weighted by Crippen LogP contribution is 2.40. The van der Waals surface area contributed by atoms with Crippen LogP contribution < -0.4 is 0 Å². The third-order valence-corrected chi connectivity index (χ3v) is 11.1. The summed E-state index contributed by atoms with van der Waals surface area (Å²) >= 11 is 9.90. The normalized spacial score (nSPS) is 15.9. The third kappa shape index (κ3) is 3.66. The van der Waals surface area contributed by atoms with Gasteiger partial charge in [0.25, 0.3) is 0 Å². The highest BCUT2D eigenvalue weighted by molar-refractivity contribution is 8.08. The largest absolute Gasteiger partial charge is 0.512 e. The van der Waals surface area contributed by atoms with Crippen LogP contribution in [0.5, 0.6) is 0 Å². The lowest BCUT2D eigenvalue weighted by atomic mass is 11.6. The molecule has 0 heterocycles. The van der Waals surface area contributed by atoms with E-state index in [1.165, 1.54) is 0 Å². The zero-order valence-electron chi connectivity index (χ0n) is 8.42. The van der Waals surface area contributed by atoms with E-state index in [0.29, 0.717) is 0 Å². The Labute approximate surface area is 113 Å². The van der Waals surface area contributed by atoms with Crippen molar-refractivity contribution >= 4 is 49.1 Å². The van der Waals surface area contributed by atoms with Crippen LogP contribution in [0.2, 0.25) is 6.55 Å². The molecule has 0 aliphatic heterocycles. The molecule has 0 N–H and O–H groups in total. The van der Waals surface area contributed by atoms with E-state index in [4.69, 9.17) is 22.2 Å². The first-order valence-electron chi connectivity index (χ1n) is 3.68. The molecule has 0 aromatic heterocycles. The maximum Gasteiger partial charge on any atom is 0.512 e. The van der Waals surface area contributed by atoms with Gasteiger partial charge in [-0.3, -0.25) is 0 Å². The molecule has 16 heteroatoms. The lowest BCUT2D eigenvalue weighted by molar-refractivity contribution is -0.0508. The molecule has 0 amide bonds. The summed E-state index contributed by atoms with van der Waals surface area (Å²) in [4.78, 5) is 0. The smallest absolute Gasteiger partial charge is 0.202 e. The first kappa shape index (κ1) is 19.2. The summed E-state index contributed by atoms with van der Waals surface area (Å²) in [6, 6.07) is 0. The van der Waals surface area contributed by atoms with Gasteiger partial charge in [-0.1, -0.05) is 3.38 Å². The van der Waals surface area contributed by atoms with Gasteiger partial charge in [-0.05, 0) is 6.55 Å². The summed E-state index contributed by atoms with van der Waals surface area (Å²) in [6.07, 6.45) is 0. The number of nitrogens with zero attached hydrogens (tertiary/aromatic N) is 1. The Morgan fingerprint density at radius 3 is 1.16 bits per heavy atom. The van der Waals surface area contributed by atoms with Crippen molar-refractivity contribution < 1.29 is 43.2 Å². The molecule has 0 rings (SSSR count). The fraction of sp³-hybridized carbons (Fsp3) is 1.00. The lowest BCUT2D eigenvalue weighted by Gasteiger charge is -2.28. The number of alkyl halides is 6. The fourth-order valence-electron chi connectivity index (χ4n) is 0.739. The Bertz CT molecular complexity index is 503. The molecule has 0 spiro atoms. The van der Waals surface area contributed by atoms with Gasteiger partial charge in [-0.15, -0.1) is 22.2 Å². The van der Waals surface area contributed by atoms with Crippen LogP contribution in [-0.2, 0) is 20.0 Å². The predicted octanol–water partition coefficient (Wildman–Crippen LogP) is 2.03. The van der Waals surface area contributed by atoms with E-state index in [1.807, 2.05) is 0 Å². The first-order valence-corrected chi connectivity index (χ1v) is 11.0. The molecular formula is C3H3Cl2F6NO4S2Si. The molecule has 0 bridgehead atoms. The van der Waals surface area contributed by atoms with Crippen LogP contribution in [0.25, 0.3) is 0 Å². The van der Waals surface area contributed by atoms with E-state index in [1.54, 1.807) is 0 Å². The SMILES string of the molecule is C[Si](Cl)(Cl)N(S(=O)(=O)C(F)(F)F)S(=O)(=O)C(F)(F)F. The summed E-state index contributed by atoms with van der Waals surface area (Å²) in [6.45, 7) is -4.86. The molecule has 0 aromatic carbocycles. The van der Waals surface area contributed by atoms with E-state index < -0.39 is 41.3 Å². The molecule has 116 valence electrons. The Hall–Kier alpha value is 0.237. The minimum atomic E-state index is -6.91. The minimum absolute atomic E-state index is 0.253. The molecule has 0 radical (unpaired) electrons. The van der Waals surface area contributed by atoms with Gasteiger partial charge in [0.15, 0.2) is 0 Å². The van der Waals surface area contributed by atoms with Gasteiger partial charge < -0.3 is 0 Å². The van der Waals surface area contributed by atoms with Crippen LogP contribution in [-0.4, -0.2) is 38.1 Å². The van der Waals surface area contributed by atoms with Crippen molar-refractivity contribution in [2.24, 2.45) is 0 Å². The van der Waals surface area contributed by atoms with Gasteiger partial charge in [-0.25, -0.2) is 16.8 Å². The number of rotatable bonds is 3. The summed E-state index contributed by atoms with van der Waals surface area (Å²) in [5.41, 5.74) is -12.6. The van der Waals surface area contributed by atoms with Crippen LogP contribution in [0.15, 0.2) is 0 Å². The summed E-state index contributed by atoms with van der Waals surface area (Å²) < 4.78 is 115. The minimum Gasteiger partial charge on any atom is -0.202 e. The second-order valence-electron chi connectivity index (χ2n) is 2.94. The predicted molar refractivity (Wildman–Crippen MR) is 55.1 cm³/mol. The van der Waals surface area contributed by atoms with Crippen LogP contribution in [0.4, 0.5) is 26.3 Å². The Morgan fingerprint density at radius 2 is 1.05 bits per heavy atom. The summed E-state index contributed by atoms with van der Waals surface area (Å²) in [5, 5.41) is 0. The maximum atomic E-state index is 12.2. The van der Waals surface area contributed by atoms with E-state index in [-0.39, 0.29) is 6.55 Å². The summed E-state index contributed by atoms with van der Waals surface area (Å²) in [5.74, 6) is 0. The van der Waals surface area contributed by atoms with E-state index in [9.17, 15) is 43.2 Å². The van der Waals surface area contributed by atoms with Crippen molar-refractivity contribution in [3.63, 3.8) is 0 Å². The van der Waals surface area contributed by atoms with Crippen LogP contribution >= 0.6 is 22.2 Å². The van der Waals surface area contributed by atoms with Gasteiger partial charge in [0.1, 0.15) is 0 Å². The molecule has 0 unspecified atom stereocenters. The number of hydrogen-bond acceptors (Lipinski definition) is 4. The second-order valence-corrected chi connectivity index (χ2v) is 14.5. The molecule has 5 nitrogen and oxygen atoms in total. The van der Waals surface area contributed by atoms with Gasteiger partial charge in [0, 0.05) is 0 Å². The van der Waals surface area contributed by atoms with E-state index in [2.05, 4.69) is 0 Å². The van der Waals surface area contributed by atoms with Gasteiger partial charge >= 0.3 is 37.9 Å². The highest BCUT2D eigenvalue weighted by atomic mass is 35.7. The van der Waals surface area contributed by atoms with Crippen molar-refractivity contribution in [2.45, 2.75) is 17.6 Å². The zero-order chi connectivity index (χ0) is 16.1. The van der Waals surface area contributed by atoms with Gasteiger partial charge in [0.2, 0.25) is 0 Å². The molecule has 0 saturated heterocycles. The van der Waals surface area contributed by atoms with Crippen molar-refractivity contribution in [3.8, 4) is 0 Å². The quantitative estimate of drug-likeness (QED) is 0.417. The maximum absolute atomic E-state index is 12.2. The number of halogens is 8. The van der Waals surface area contributed by atoms with E-state index in [0.717, 1.165) is 0 Å². The molecule has 0 saturated carbocycles. The Kier molecular flexibility index (Phi) is 4.97. The van der Waals surface area contributed by atoms with Crippen molar-refractivity contribution in [3.05, 3.63) is 0 Å². The van der Waals surface area contributed by atoms with Crippen molar-refractivity contribution in [1.29, 1.82) is 0 Å². The lowest BCUT2D eigenvalue weighted by Crippen LogP contribution is -2.57. The third-order valence-electron chi connectivity index (χ3n) is 1.34. The average Bonchev–Trinajstić information content (AvgIpc) is 1.93. The highest BCUT2D eigenvalue weighted by Gasteiger charge is 2.66. The van der Waals surface area contributed by atoms with Crippen molar-refractivity contribution in [1.82, 2.24) is 3.38 Å². The van der Waals surface area contributed by atoms with Crippen LogP contribution in [0, 0.1) is 0 Å². The average molecular weight is 394 g/mol. The molecule has 19 heavy (non-hydrogen) atoms. The molecule has 0 aliphatic rings. The molecular weight excluding hydrogens is 391 g/mol.